The second-order valence-electron chi connectivity index (χ2n) is 4.45. The van der Waals surface area contributed by atoms with E-state index >= 15 is 0 Å². The molecular formula is C11H14Br2N2O. The van der Waals surface area contributed by atoms with Crippen LogP contribution < -0.4 is 10.6 Å². The number of benzene rings is 1. The zero-order valence-electron chi connectivity index (χ0n) is 9.40. The van der Waals surface area contributed by atoms with E-state index in [4.69, 9.17) is 0 Å². The summed E-state index contributed by atoms with van der Waals surface area (Å²) in [7, 11) is 0. The van der Waals surface area contributed by atoms with Crippen LogP contribution in [0.2, 0.25) is 0 Å². The van der Waals surface area contributed by atoms with Crippen molar-refractivity contribution in [3.8, 4) is 0 Å². The van der Waals surface area contributed by atoms with Crippen molar-refractivity contribution in [1.29, 1.82) is 0 Å². The summed E-state index contributed by atoms with van der Waals surface area (Å²) < 4.78 is 1.80. The molecule has 0 spiro atoms. The van der Waals surface area contributed by atoms with E-state index in [1.54, 1.807) is 0 Å². The van der Waals surface area contributed by atoms with E-state index in [1.807, 2.05) is 39.0 Å². The Hall–Kier alpha value is -0.550. The maximum absolute atomic E-state index is 11.6. The van der Waals surface area contributed by atoms with Crippen LogP contribution in [0.1, 0.15) is 20.8 Å². The molecule has 88 valence electrons. The highest BCUT2D eigenvalue weighted by molar-refractivity contribution is 9.11. The summed E-state index contributed by atoms with van der Waals surface area (Å²) in [5.41, 5.74) is 0.497. The summed E-state index contributed by atoms with van der Waals surface area (Å²) in [6.07, 6.45) is 0. The molecule has 0 aromatic heterocycles. The molecule has 3 nitrogen and oxygen atoms in total. The van der Waals surface area contributed by atoms with E-state index in [-0.39, 0.29) is 11.6 Å². The van der Waals surface area contributed by atoms with E-state index < -0.39 is 0 Å². The first-order chi connectivity index (χ1) is 7.28. The molecule has 0 aliphatic carbocycles. The number of urea groups is 1. The molecule has 0 fully saturated rings. The van der Waals surface area contributed by atoms with Gasteiger partial charge in [-0.3, -0.25) is 0 Å². The SMILES string of the molecule is CC(C)(C)NC(=O)Nc1ccc(Br)cc1Br. The fourth-order valence-corrected chi connectivity index (χ4v) is 2.23. The van der Waals surface area contributed by atoms with Crippen LogP contribution in [0.5, 0.6) is 0 Å². The topological polar surface area (TPSA) is 41.1 Å². The van der Waals surface area contributed by atoms with Gasteiger partial charge in [0.15, 0.2) is 0 Å². The van der Waals surface area contributed by atoms with Crippen LogP contribution in [-0.2, 0) is 0 Å². The minimum Gasteiger partial charge on any atom is -0.333 e. The zero-order valence-corrected chi connectivity index (χ0v) is 12.6. The largest absolute Gasteiger partial charge is 0.333 e. The Kier molecular flexibility index (Phi) is 4.38. The second kappa shape index (κ2) is 5.19. The molecule has 0 saturated heterocycles. The third-order valence-electron chi connectivity index (χ3n) is 1.67. The number of nitrogens with one attached hydrogen (secondary N) is 2. The minimum atomic E-state index is -0.244. The molecule has 1 aromatic carbocycles. The maximum atomic E-state index is 11.6. The lowest BCUT2D eigenvalue weighted by Crippen LogP contribution is -2.43. The van der Waals surface area contributed by atoms with Crippen molar-refractivity contribution < 1.29 is 4.79 Å². The molecule has 0 atom stereocenters. The van der Waals surface area contributed by atoms with Crippen LogP contribution in [-0.4, -0.2) is 11.6 Å². The Morgan fingerprint density at radius 3 is 2.38 bits per heavy atom. The third-order valence-corrected chi connectivity index (χ3v) is 2.82. The molecule has 0 bridgehead atoms. The van der Waals surface area contributed by atoms with Crippen molar-refractivity contribution >= 4 is 43.6 Å². The van der Waals surface area contributed by atoms with Gasteiger partial charge in [-0.1, -0.05) is 15.9 Å². The fraction of sp³-hybridized carbons (Fsp3) is 0.364. The summed E-state index contributed by atoms with van der Waals surface area (Å²) in [6.45, 7) is 5.80. The molecular weight excluding hydrogens is 336 g/mol. The van der Waals surface area contributed by atoms with E-state index in [9.17, 15) is 4.79 Å². The highest BCUT2D eigenvalue weighted by Crippen LogP contribution is 2.26. The molecule has 0 radical (unpaired) electrons. The number of carbonyl (C=O) groups excluding carboxylic acids is 1. The first-order valence-corrected chi connectivity index (χ1v) is 6.41. The van der Waals surface area contributed by atoms with Gasteiger partial charge < -0.3 is 10.6 Å². The Morgan fingerprint density at radius 1 is 1.25 bits per heavy atom. The normalized spacial score (nSPS) is 11.1. The Morgan fingerprint density at radius 2 is 1.88 bits per heavy atom. The van der Waals surface area contributed by atoms with Gasteiger partial charge in [-0.2, -0.15) is 0 Å². The van der Waals surface area contributed by atoms with Crippen molar-refractivity contribution in [2.75, 3.05) is 5.32 Å². The van der Waals surface area contributed by atoms with Crippen molar-refractivity contribution in [1.82, 2.24) is 5.32 Å². The molecule has 1 aromatic rings. The zero-order chi connectivity index (χ0) is 12.3. The van der Waals surface area contributed by atoms with Crippen LogP contribution in [0.3, 0.4) is 0 Å². The summed E-state index contributed by atoms with van der Waals surface area (Å²) in [4.78, 5) is 11.6. The van der Waals surface area contributed by atoms with Gasteiger partial charge in [0.25, 0.3) is 0 Å². The van der Waals surface area contributed by atoms with Crippen LogP contribution in [0.25, 0.3) is 0 Å². The van der Waals surface area contributed by atoms with Gasteiger partial charge in [0.1, 0.15) is 0 Å². The van der Waals surface area contributed by atoms with Crippen LogP contribution in [0.4, 0.5) is 10.5 Å². The van der Waals surface area contributed by atoms with Gasteiger partial charge in [0.05, 0.1) is 5.69 Å². The first kappa shape index (κ1) is 13.5. The maximum Gasteiger partial charge on any atom is 0.319 e. The van der Waals surface area contributed by atoms with Crippen molar-refractivity contribution in [3.05, 3.63) is 27.1 Å². The number of hydrogen-bond acceptors (Lipinski definition) is 1. The van der Waals surface area contributed by atoms with Gasteiger partial charge >= 0.3 is 6.03 Å². The summed E-state index contributed by atoms with van der Waals surface area (Å²) in [5, 5.41) is 5.60. The molecule has 0 saturated carbocycles. The monoisotopic (exact) mass is 348 g/mol. The minimum absolute atomic E-state index is 0.212. The van der Waals surface area contributed by atoms with E-state index in [0.29, 0.717) is 0 Å². The number of halogens is 2. The number of rotatable bonds is 1. The molecule has 0 unspecified atom stereocenters. The van der Waals surface area contributed by atoms with Crippen LogP contribution in [0, 0.1) is 0 Å². The third kappa shape index (κ3) is 4.53. The molecule has 0 aliphatic rings. The summed E-state index contributed by atoms with van der Waals surface area (Å²) in [5.74, 6) is 0. The Labute approximate surface area is 112 Å². The molecule has 1 rings (SSSR count). The number of carbonyl (C=O) groups is 1. The quantitative estimate of drug-likeness (QED) is 0.786. The predicted octanol–water partition coefficient (Wildman–Crippen LogP) is 4.13. The molecule has 2 amide bonds. The lowest BCUT2D eigenvalue weighted by atomic mass is 10.1. The molecule has 5 heteroatoms. The highest BCUT2D eigenvalue weighted by atomic mass is 79.9. The standard InChI is InChI=1S/C11H14Br2N2O/c1-11(2,3)15-10(16)14-9-5-4-7(12)6-8(9)13/h4-6H,1-3H3,(H2,14,15,16). The van der Waals surface area contributed by atoms with Crippen molar-refractivity contribution in [2.24, 2.45) is 0 Å². The van der Waals surface area contributed by atoms with Gasteiger partial charge in [-0.05, 0) is 54.9 Å². The molecule has 16 heavy (non-hydrogen) atoms. The highest BCUT2D eigenvalue weighted by Gasteiger charge is 2.14. The number of anilines is 1. The molecule has 2 N–H and O–H groups in total. The average Bonchev–Trinajstić information content (AvgIpc) is 2.06. The van der Waals surface area contributed by atoms with Gasteiger partial charge in [0, 0.05) is 14.5 Å². The molecule has 0 heterocycles. The van der Waals surface area contributed by atoms with Crippen LogP contribution >= 0.6 is 31.9 Å². The Balaban J connectivity index is 2.70. The predicted molar refractivity (Wildman–Crippen MR) is 73.7 cm³/mol. The summed E-state index contributed by atoms with van der Waals surface area (Å²) in [6, 6.07) is 5.37. The van der Waals surface area contributed by atoms with Crippen molar-refractivity contribution in [3.63, 3.8) is 0 Å². The van der Waals surface area contributed by atoms with E-state index in [1.165, 1.54) is 0 Å². The lowest BCUT2D eigenvalue weighted by molar-refractivity contribution is 0.244. The van der Waals surface area contributed by atoms with Gasteiger partial charge in [-0.25, -0.2) is 4.79 Å². The number of amides is 2. The fourth-order valence-electron chi connectivity index (χ4n) is 1.09. The number of hydrogen-bond donors (Lipinski definition) is 2. The second-order valence-corrected chi connectivity index (χ2v) is 6.22. The van der Waals surface area contributed by atoms with Crippen LogP contribution in [0.15, 0.2) is 27.1 Å². The van der Waals surface area contributed by atoms with E-state index in [0.717, 1.165) is 14.6 Å². The average molecular weight is 350 g/mol. The Bertz CT molecular complexity index is 399. The molecule has 0 aliphatic heterocycles. The van der Waals surface area contributed by atoms with Gasteiger partial charge in [-0.15, -0.1) is 0 Å². The van der Waals surface area contributed by atoms with Gasteiger partial charge in [0.2, 0.25) is 0 Å². The van der Waals surface area contributed by atoms with E-state index in [2.05, 4.69) is 42.5 Å². The summed E-state index contributed by atoms with van der Waals surface area (Å²) >= 11 is 6.74. The lowest BCUT2D eigenvalue weighted by Gasteiger charge is -2.21. The van der Waals surface area contributed by atoms with Crippen molar-refractivity contribution in [2.45, 2.75) is 26.3 Å². The smallest absolute Gasteiger partial charge is 0.319 e. The first-order valence-electron chi connectivity index (χ1n) is 4.82.